The molecule has 0 radical (unpaired) electrons. The highest BCUT2D eigenvalue weighted by atomic mass is 16.3. The molecule has 0 amide bonds. The van der Waals surface area contributed by atoms with Crippen LogP contribution < -0.4 is 10.6 Å². The van der Waals surface area contributed by atoms with Gasteiger partial charge in [-0.25, -0.2) is 0 Å². The topological polar surface area (TPSA) is 49.5 Å². The minimum atomic E-state index is -0.496. The Hall–Kier alpha value is -1.22. The largest absolute Gasteiger partial charge is 0.399 e. The van der Waals surface area contributed by atoms with E-state index < -0.39 is 5.60 Å². The van der Waals surface area contributed by atoms with Crippen molar-refractivity contribution in [2.45, 2.75) is 38.2 Å². The number of nitrogen functional groups attached to an aromatic ring is 1. The summed E-state index contributed by atoms with van der Waals surface area (Å²) in [4.78, 5) is 2.12. The molecule has 3 nitrogen and oxygen atoms in total. The Balaban J connectivity index is 2.08. The third-order valence-electron chi connectivity index (χ3n) is 3.76. The van der Waals surface area contributed by atoms with Crippen LogP contribution in [0.5, 0.6) is 0 Å². The summed E-state index contributed by atoms with van der Waals surface area (Å²) in [6.07, 6.45) is 4.13. The fourth-order valence-electron chi connectivity index (χ4n) is 2.62. The van der Waals surface area contributed by atoms with E-state index in [1.165, 1.54) is 0 Å². The summed E-state index contributed by atoms with van der Waals surface area (Å²) >= 11 is 0. The molecular formula is C14H22N2O. The van der Waals surface area contributed by atoms with E-state index in [1.807, 2.05) is 26.1 Å². The number of anilines is 2. The summed E-state index contributed by atoms with van der Waals surface area (Å²) in [6.45, 7) is 2.72. The molecule has 0 aliphatic heterocycles. The van der Waals surface area contributed by atoms with Crippen molar-refractivity contribution in [2.75, 3.05) is 24.2 Å². The summed E-state index contributed by atoms with van der Waals surface area (Å²) < 4.78 is 0. The molecule has 0 spiro atoms. The Bertz CT molecular complexity index is 397. The molecule has 3 heteroatoms. The lowest BCUT2D eigenvalue weighted by atomic mass is 10.0. The molecule has 0 atom stereocenters. The lowest BCUT2D eigenvalue weighted by Crippen LogP contribution is -2.39. The van der Waals surface area contributed by atoms with Crippen molar-refractivity contribution in [1.29, 1.82) is 0 Å². The molecule has 0 saturated heterocycles. The van der Waals surface area contributed by atoms with Gasteiger partial charge in [0.05, 0.1) is 5.60 Å². The van der Waals surface area contributed by atoms with Gasteiger partial charge in [0.1, 0.15) is 0 Å². The van der Waals surface area contributed by atoms with Crippen molar-refractivity contribution in [3.8, 4) is 0 Å². The van der Waals surface area contributed by atoms with Crippen LogP contribution in [0.4, 0.5) is 11.4 Å². The van der Waals surface area contributed by atoms with Gasteiger partial charge in [0.15, 0.2) is 0 Å². The van der Waals surface area contributed by atoms with Gasteiger partial charge in [0.25, 0.3) is 0 Å². The highest BCUT2D eigenvalue weighted by Gasteiger charge is 2.32. The molecule has 3 N–H and O–H groups in total. The van der Waals surface area contributed by atoms with Gasteiger partial charge >= 0.3 is 0 Å². The number of likely N-dealkylation sites (N-methyl/N-ethyl adjacent to an activating group) is 1. The first-order valence-electron chi connectivity index (χ1n) is 6.30. The summed E-state index contributed by atoms with van der Waals surface area (Å²) in [5, 5.41) is 10.4. The Morgan fingerprint density at radius 1 is 1.35 bits per heavy atom. The van der Waals surface area contributed by atoms with E-state index in [2.05, 4.69) is 11.0 Å². The summed E-state index contributed by atoms with van der Waals surface area (Å²) in [6, 6.07) is 6.02. The third kappa shape index (κ3) is 2.72. The van der Waals surface area contributed by atoms with Gasteiger partial charge in [-0.2, -0.15) is 0 Å². The monoisotopic (exact) mass is 234 g/mol. The van der Waals surface area contributed by atoms with Crippen LogP contribution >= 0.6 is 0 Å². The van der Waals surface area contributed by atoms with Gasteiger partial charge < -0.3 is 15.7 Å². The first-order valence-corrected chi connectivity index (χ1v) is 6.30. The number of nitrogens with zero attached hydrogens (tertiary/aromatic N) is 1. The Morgan fingerprint density at radius 2 is 2.00 bits per heavy atom. The summed E-state index contributed by atoms with van der Waals surface area (Å²) in [7, 11) is 2.03. The van der Waals surface area contributed by atoms with E-state index in [4.69, 9.17) is 5.73 Å². The van der Waals surface area contributed by atoms with Crippen LogP contribution in [-0.2, 0) is 0 Å². The van der Waals surface area contributed by atoms with E-state index in [0.717, 1.165) is 42.6 Å². The maximum absolute atomic E-state index is 10.4. The molecule has 1 aromatic carbocycles. The third-order valence-corrected chi connectivity index (χ3v) is 3.76. The first-order chi connectivity index (χ1) is 8.00. The highest BCUT2D eigenvalue weighted by Crippen LogP contribution is 2.31. The number of hydrogen-bond donors (Lipinski definition) is 2. The average molecular weight is 234 g/mol. The molecule has 1 fully saturated rings. The number of aliphatic hydroxyl groups is 1. The quantitative estimate of drug-likeness (QED) is 0.789. The van der Waals surface area contributed by atoms with E-state index >= 15 is 0 Å². The van der Waals surface area contributed by atoms with Gasteiger partial charge in [-0.3, -0.25) is 0 Å². The smallest absolute Gasteiger partial charge is 0.0821 e. The maximum Gasteiger partial charge on any atom is 0.0821 e. The van der Waals surface area contributed by atoms with Gasteiger partial charge in [0.2, 0.25) is 0 Å². The van der Waals surface area contributed by atoms with E-state index in [0.29, 0.717) is 6.54 Å². The van der Waals surface area contributed by atoms with E-state index in [-0.39, 0.29) is 0 Å². The second-order valence-electron chi connectivity index (χ2n) is 5.33. The number of rotatable bonds is 3. The van der Waals surface area contributed by atoms with E-state index in [1.54, 1.807) is 0 Å². The Labute approximate surface area is 103 Å². The lowest BCUT2D eigenvalue weighted by molar-refractivity contribution is 0.0559. The van der Waals surface area contributed by atoms with Crippen molar-refractivity contribution in [3.63, 3.8) is 0 Å². The second kappa shape index (κ2) is 4.57. The zero-order valence-electron chi connectivity index (χ0n) is 10.7. The molecule has 1 saturated carbocycles. The van der Waals surface area contributed by atoms with Crippen molar-refractivity contribution < 1.29 is 5.11 Å². The SMILES string of the molecule is Cc1cc(N(C)CC2(O)CCCC2)ccc1N. The van der Waals surface area contributed by atoms with Gasteiger partial charge in [-0.1, -0.05) is 12.8 Å². The lowest BCUT2D eigenvalue weighted by Gasteiger charge is -2.30. The van der Waals surface area contributed by atoms with Crippen molar-refractivity contribution in [3.05, 3.63) is 23.8 Å². The zero-order chi connectivity index (χ0) is 12.5. The molecule has 1 aliphatic carbocycles. The molecule has 94 valence electrons. The van der Waals surface area contributed by atoms with Crippen LogP contribution in [0.2, 0.25) is 0 Å². The molecule has 0 aromatic heterocycles. The van der Waals surface area contributed by atoms with Crippen LogP contribution in [0.25, 0.3) is 0 Å². The fraction of sp³-hybridized carbons (Fsp3) is 0.571. The van der Waals surface area contributed by atoms with Gasteiger partial charge in [0, 0.05) is 25.0 Å². The van der Waals surface area contributed by atoms with Gasteiger partial charge in [-0.05, 0) is 43.5 Å². The normalized spacial score (nSPS) is 18.3. The minimum Gasteiger partial charge on any atom is -0.399 e. The predicted octanol–water partition coefficient (Wildman–Crippen LogP) is 2.32. The van der Waals surface area contributed by atoms with Crippen LogP contribution in [0.1, 0.15) is 31.2 Å². The summed E-state index contributed by atoms with van der Waals surface area (Å²) in [5.74, 6) is 0. The number of nitrogens with two attached hydrogens (primary N) is 1. The molecule has 2 rings (SSSR count). The van der Waals surface area contributed by atoms with Crippen LogP contribution in [0.3, 0.4) is 0 Å². The molecule has 1 aromatic rings. The van der Waals surface area contributed by atoms with Crippen LogP contribution in [-0.4, -0.2) is 24.3 Å². The Kier molecular flexibility index (Phi) is 3.29. The zero-order valence-corrected chi connectivity index (χ0v) is 10.7. The predicted molar refractivity (Wildman–Crippen MR) is 72.3 cm³/mol. The molecule has 17 heavy (non-hydrogen) atoms. The van der Waals surface area contributed by atoms with Crippen LogP contribution in [0.15, 0.2) is 18.2 Å². The highest BCUT2D eigenvalue weighted by molar-refractivity contribution is 5.57. The van der Waals surface area contributed by atoms with E-state index in [9.17, 15) is 5.11 Å². The standard InChI is InChI=1S/C14H22N2O/c1-11-9-12(5-6-13(11)15)16(2)10-14(17)7-3-4-8-14/h5-6,9,17H,3-4,7-8,10,15H2,1-2H3. The summed E-state index contributed by atoms with van der Waals surface area (Å²) in [5.41, 5.74) is 8.35. The van der Waals surface area contributed by atoms with Crippen molar-refractivity contribution in [1.82, 2.24) is 0 Å². The number of aryl methyl sites for hydroxylation is 1. The molecule has 0 heterocycles. The van der Waals surface area contributed by atoms with Crippen molar-refractivity contribution >= 4 is 11.4 Å². The van der Waals surface area contributed by atoms with Gasteiger partial charge in [-0.15, -0.1) is 0 Å². The van der Waals surface area contributed by atoms with Crippen molar-refractivity contribution in [2.24, 2.45) is 0 Å². The molecule has 0 bridgehead atoms. The number of benzene rings is 1. The van der Waals surface area contributed by atoms with Crippen LogP contribution in [0, 0.1) is 6.92 Å². The molecule has 1 aliphatic rings. The molecule has 0 unspecified atom stereocenters. The maximum atomic E-state index is 10.4. The minimum absolute atomic E-state index is 0.496. The number of hydrogen-bond acceptors (Lipinski definition) is 3. The second-order valence-corrected chi connectivity index (χ2v) is 5.33. The first kappa shape index (κ1) is 12.2. The Morgan fingerprint density at radius 3 is 2.59 bits per heavy atom. The fourth-order valence-corrected chi connectivity index (χ4v) is 2.62. The average Bonchev–Trinajstić information content (AvgIpc) is 2.69. The molecular weight excluding hydrogens is 212 g/mol.